The molecule has 0 unspecified atom stereocenters. The van der Waals surface area contributed by atoms with Crippen LogP contribution in [0.1, 0.15) is 43.9 Å². The Hall–Kier alpha value is -3.22. The van der Waals surface area contributed by atoms with Crippen LogP contribution in [0.4, 0.5) is 23.7 Å². The second-order valence-corrected chi connectivity index (χ2v) is 8.40. The summed E-state index contributed by atoms with van der Waals surface area (Å²) in [6, 6.07) is 10.5. The van der Waals surface area contributed by atoms with Gasteiger partial charge in [0.15, 0.2) is 0 Å². The van der Waals surface area contributed by atoms with Crippen LogP contribution in [-0.2, 0) is 17.3 Å². The maximum absolute atomic E-state index is 13.1. The summed E-state index contributed by atoms with van der Waals surface area (Å²) >= 11 is 0. The summed E-state index contributed by atoms with van der Waals surface area (Å²) in [6.45, 7) is 7.43. The summed E-state index contributed by atoms with van der Waals surface area (Å²) < 4.78 is 46.6. The van der Waals surface area contributed by atoms with Crippen LogP contribution in [0.2, 0.25) is 0 Å². The number of carbonyl (C=O) groups is 1. The number of hydrogen-bond acceptors (Lipinski definition) is 2. The van der Waals surface area contributed by atoms with Crippen LogP contribution in [0.25, 0.3) is 10.9 Å². The van der Waals surface area contributed by atoms with Gasteiger partial charge in [-0.3, -0.25) is 4.57 Å². The Labute approximate surface area is 185 Å². The van der Waals surface area contributed by atoms with E-state index in [2.05, 4.69) is 5.32 Å². The third kappa shape index (κ3) is 5.52. The number of amides is 1. The van der Waals surface area contributed by atoms with Crippen molar-refractivity contribution in [2.24, 2.45) is 0 Å². The topological polar surface area (TPSA) is 43.3 Å². The Morgan fingerprint density at radius 1 is 1.16 bits per heavy atom. The van der Waals surface area contributed by atoms with Crippen LogP contribution in [0.5, 0.6) is 0 Å². The molecule has 1 aromatic heterocycles. The van der Waals surface area contributed by atoms with Gasteiger partial charge in [-0.15, -0.1) is 0 Å². The smallest absolute Gasteiger partial charge is 0.416 e. The number of alkyl halides is 3. The number of aryl methyl sites for hydroxylation is 2. The molecule has 1 amide bonds. The van der Waals surface area contributed by atoms with Gasteiger partial charge >= 0.3 is 12.2 Å². The number of fused-ring (bicyclic) bond motifs is 1. The molecular weight excluding hydrogens is 417 g/mol. The fourth-order valence-electron chi connectivity index (χ4n) is 3.57. The van der Waals surface area contributed by atoms with Crippen molar-refractivity contribution in [3.63, 3.8) is 0 Å². The lowest BCUT2D eigenvalue weighted by atomic mass is 9.98. The van der Waals surface area contributed by atoms with E-state index in [1.165, 1.54) is 10.6 Å². The first kappa shape index (κ1) is 23.4. The number of aromatic nitrogens is 1. The predicted molar refractivity (Wildman–Crippen MR) is 121 cm³/mol. The van der Waals surface area contributed by atoms with Crippen LogP contribution in [0.15, 0.2) is 61.0 Å². The van der Waals surface area contributed by atoms with Crippen molar-refractivity contribution in [3.05, 3.63) is 77.7 Å². The van der Waals surface area contributed by atoms with E-state index >= 15 is 0 Å². The molecule has 0 fully saturated rings. The zero-order valence-corrected chi connectivity index (χ0v) is 18.6. The average Bonchev–Trinajstić information content (AvgIpc) is 3.09. The standard InChI is InChI=1S/C25H27F3N2O2/c1-5-12-32-24(3,4)11-10-18-16-30(22-9-7-6-8-21(18)22)23(31)29-20-14-17(2)13-19(15-20)25(26,27)28/h5-9,12-16H,10-11H2,1-4H3,(H,29,31). The van der Waals surface area contributed by atoms with Crippen molar-refractivity contribution in [2.75, 3.05) is 5.32 Å². The highest BCUT2D eigenvalue weighted by molar-refractivity contribution is 5.99. The first-order valence-electron chi connectivity index (χ1n) is 10.4. The third-order valence-electron chi connectivity index (χ3n) is 5.19. The molecule has 1 heterocycles. The molecule has 0 atom stereocenters. The number of nitrogens with one attached hydrogen (secondary N) is 1. The van der Waals surface area contributed by atoms with Crippen LogP contribution in [0, 0.1) is 6.92 Å². The molecular formula is C25H27F3N2O2. The van der Waals surface area contributed by atoms with E-state index in [1.54, 1.807) is 19.4 Å². The molecule has 2 aromatic carbocycles. The molecule has 7 heteroatoms. The van der Waals surface area contributed by atoms with Gasteiger partial charge in [-0.25, -0.2) is 4.79 Å². The number of benzene rings is 2. The molecule has 0 aliphatic rings. The van der Waals surface area contributed by atoms with E-state index in [0.717, 1.165) is 29.5 Å². The van der Waals surface area contributed by atoms with Gasteiger partial charge in [0.1, 0.15) is 5.60 Å². The van der Waals surface area contributed by atoms with E-state index in [9.17, 15) is 18.0 Å². The van der Waals surface area contributed by atoms with Gasteiger partial charge in [0, 0.05) is 17.3 Å². The minimum Gasteiger partial charge on any atom is -0.496 e. The molecule has 1 N–H and O–H groups in total. The maximum atomic E-state index is 13.1. The Bertz CT molecular complexity index is 1140. The fourth-order valence-corrected chi connectivity index (χ4v) is 3.57. The van der Waals surface area contributed by atoms with Gasteiger partial charge in [0.25, 0.3) is 0 Å². The number of ether oxygens (including phenoxy) is 1. The molecule has 0 saturated heterocycles. The molecule has 0 spiro atoms. The highest BCUT2D eigenvalue weighted by Gasteiger charge is 2.31. The highest BCUT2D eigenvalue weighted by Crippen LogP contribution is 2.32. The lowest BCUT2D eigenvalue weighted by Gasteiger charge is -2.24. The summed E-state index contributed by atoms with van der Waals surface area (Å²) in [7, 11) is 0. The van der Waals surface area contributed by atoms with E-state index < -0.39 is 17.8 Å². The number of carbonyl (C=O) groups excluding carboxylic acids is 1. The zero-order valence-electron chi connectivity index (χ0n) is 18.6. The Morgan fingerprint density at radius 2 is 1.88 bits per heavy atom. The Morgan fingerprint density at radius 3 is 2.56 bits per heavy atom. The first-order valence-corrected chi connectivity index (χ1v) is 10.4. The zero-order chi connectivity index (χ0) is 23.5. The number of nitrogens with zero attached hydrogens (tertiary/aromatic N) is 1. The van der Waals surface area contributed by atoms with Gasteiger partial charge in [0.05, 0.1) is 17.3 Å². The van der Waals surface area contributed by atoms with Crippen molar-refractivity contribution in [3.8, 4) is 0 Å². The maximum Gasteiger partial charge on any atom is 0.416 e. The minimum atomic E-state index is -4.49. The number of rotatable bonds is 6. The Balaban J connectivity index is 1.88. The first-order chi connectivity index (χ1) is 15.0. The number of anilines is 1. The number of halogens is 3. The van der Waals surface area contributed by atoms with E-state index in [4.69, 9.17) is 4.74 Å². The van der Waals surface area contributed by atoms with Crippen LogP contribution >= 0.6 is 0 Å². The molecule has 170 valence electrons. The second-order valence-electron chi connectivity index (χ2n) is 8.40. The molecule has 0 saturated carbocycles. The number of para-hydroxylation sites is 1. The van der Waals surface area contributed by atoms with Gasteiger partial charge < -0.3 is 10.1 Å². The fraction of sp³-hybridized carbons (Fsp3) is 0.320. The minimum absolute atomic E-state index is 0.0996. The summed E-state index contributed by atoms with van der Waals surface area (Å²) in [5, 5.41) is 3.53. The SMILES string of the molecule is CC=COC(C)(C)CCc1cn(C(=O)Nc2cc(C)cc(C(F)(F)F)c2)c2ccccc12. The van der Waals surface area contributed by atoms with Crippen molar-refractivity contribution in [2.45, 2.75) is 52.3 Å². The predicted octanol–water partition coefficient (Wildman–Crippen LogP) is 7.31. The summed E-state index contributed by atoms with van der Waals surface area (Å²) in [5.41, 5.74) is 0.991. The van der Waals surface area contributed by atoms with Gasteiger partial charge in [-0.1, -0.05) is 24.3 Å². The van der Waals surface area contributed by atoms with Crippen LogP contribution in [-0.4, -0.2) is 16.2 Å². The van der Waals surface area contributed by atoms with Gasteiger partial charge in [-0.05, 0) is 75.9 Å². The van der Waals surface area contributed by atoms with Crippen LogP contribution in [0.3, 0.4) is 0 Å². The molecule has 0 aliphatic carbocycles. The molecule has 32 heavy (non-hydrogen) atoms. The lowest BCUT2D eigenvalue weighted by Crippen LogP contribution is -2.22. The monoisotopic (exact) mass is 444 g/mol. The number of hydrogen-bond donors (Lipinski definition) is 1. The van der Waals surface area contributed by atoms with Crippen molar-refractivity contribution in [1.82, 2.24) is 4.57 Å². The van der Waals surface area contributed by atoms with Crippen molar-refractivity contribution < 1.29 is 22.7 Å². The van der Waals surface area contributed by atoms with Gasteiger partial charge in [-0.2, -0.15) is 13.2 Å². The molecule has 4 nitrogen and oxygen atoms in total. The quantitative estimate of drug-likeness (QED) is 0.405. The average molecular weight is 444 g/mol. The lowest BCUT2D eigenvalue weighted by molar-refractivity contribution is -0.137. The highest BCUT2D eigenvalue weighted by atomic mass is 19.4. The molecule has 0 bridgehead atoms. The molecule has 3 rings (SSSR count). The molecule has 0 aliphatic heterocycles. The van der Waals surface area contributed by atoms with E-state index in [-0.39, 0.29) is 11.3 Å². The molecule has 3 aromatic rings. The van der Waals surface area contributed by atoms with Crippen molar-refractivity contribution in [1.29, 1.82) is 0 Å². The normalized spacial score (nSPS) is 12.5. The summed E-state index contributed by atoms with van der Waals surface area (Å²) in [6.07, 6.45) is 2.14. The molecule has 0 radical (unpaired) electrons. The second kappa shape index (κ2) is 9.10. The third-order valence-corrected chi connectivity index (χ3v) is 5.19. The largest absolute Gasteiger partial charge is 0.496 e. The van der Waals surface area contributed by atoms with E-state index in [1.807, 2.05) is 51.1 Å². The van der Waals surface area contributed by atoms with Gasteiger partial charge in [0.2, 0.25) is 0 Å². The van der Waals surface area contributed by atoms with Crippen LogP contribution < -0.4 is 5.32 Å². The summed E-state index contributed by atoms with van der Waals surface area (Å²) in [5.74, 6) is 0. The number of allylic oxidation sites excluding steroid dienone is 1. The van der Waals surface area contributed by atoms with Crippen molar-refractivity contribution >= 4 is 22.6 Å². The Kier molecular flexibility index (Phi) is 6.67. The summed E-state index contributed by atoms with van der Waals surface area (Å²) in [4.78, 5) is 13.0. The van der Waals surface area contributed by atoms with E-state index in [0.29, 0.717) is 17.5 Å².